The van der Waals surface area contributed by atoms with Crippen LogP contribution in [0.3, 0.4) is 0 Å². The number of aliphatic hydroxyl groups is 1. The first-order valence-electron chi connectivity index (χ1n) is 39.2. The summed E-state index contributed by atoms with van der Waals surface area (Å²) in [6.07, 6.45) is 56.5. The molecule has 0 aliphatic heterocycles. The maximum Gasteiger partial charge on any atom is 0.472 e. The van der Waals surface area contributed by atoms with Crippen LogP contribution in [0.15, 0.2) is 24.3 Å². The minimum absolute atomic E-state index is 0.0996. The van der Waals surface area contributed by atoms with E-state index in [1.54, 1.807) is 0 Å². The highest BCUT2D eigenvalue weighted by Crippen LogP contribution is 2.45. The van der Waals surface area contributed by atoms with Crippen molar-refractivity contribution in [2.24, 2.45) is 17.8 Å². The molecule has 0 spiro atoms. The second-order valence-electron chi connectivity index (χ2n) is 28.0. The molecular formula is C77H146O17P2. The zero-order chi connectivity index (χ0) is 70.9. The molecule has 19 heteroatoms. The summed E-state index contributed by atoms with van der Waals surface area (Å²) < 4.78 is 68.4. The van der Waals surface area contributed by atoms with Crippen LogP contribution in [-0.2, 0) is 65.4 Å². The van der Waals surface area contributed by atoms with Crippen LogP contribution in [0.5, 0.6) is 0 Å². The highest BCUT2D eigenvalue weighted by molar-refractivity contribution is 7.47. The Morgan fingerprint density at radius 3 is 0.927 bits per heavy atom. The van der Waals surface area contributed by atoms with E-state index in [0.717, 1.165) is 133 Å². The minimum Gasteiger partial charge on any atom is -0.462 e. The van der Waals surface area contributed by atoms with Gasteiger partial charge >= 0.3 is 39.5 Å². The third kappa shape index (κ3) is 67.4. The summed E-state index contributed by atoms with van der Waals surface area (Å²) >= 11 is 0. The number of phosphoric acid groups is 2. The van der Waals surface area contributed by atoms with Crippen molar-refractivity contribution in [1.29, 1.82) is 0 Å². The Bertz CT molecular complexity index is 1970. The fourth-order valence-corrected chi connectivity index (χ4v) is 12.8. The molecule has 0 saturated carbocycles. The molecule has 7 atom stereocenters. The first-order chi connectivity index (χ1) is 46.3. The lowest BCUT2D eigenvalue weighted by Crippen LogP contribution is -2.30. The van der Waals surface area contributed by atoms with Crippen molar-refractivity contribution in [2.45, 2.75) is 388 Å². The number of hydrogen-bond donors (Lipinski definition) is 3. The third-order valence-corrected chi connectivity index (χ3v) is 19.9. The van der Waals surface area contributed by atoms with E-state index < -0.39 is 97.5 Å². The van der Waals surface area contributed by atoms with Crippen LogP contribution in [0.4, 0.5) is 0 Å². The Kier molecular flexibility index (Phi) is 65.3. The van der Waals surface area contributed by atoms with Gasteiger partial charge in [-0.2, -0.15) is 0 Å². The third-order valence-electron chi connectivity index (χ3n) is 18.0. The van der Waals surface area contributed by atoms with Gasteiger partial charge in [-0.25, -0.2) is 9.13 Å². The van der Waals surface area contributed by atoms with Crippen LogP contribution in [0.2, 0.25) is 0 Å². The smallest absolute Gasteiger partial charge is 0.462 e. The Morgan fingerprint density at radius 1 is 0.344 bits per heavy atom. The Morgan fingerprint density at radius 2 is 0.615 bits per heavy atom. The van der Waals surface area contributed by atoms with E-state index in [9.17, 15) is 43.2 Å². The van der Waals surface area contributed by atoms with Crippen LogP contribution in [0.1, 0.15) is 370 Å². The SMILES string of the molecule is CCCCCC/C=C\C=C/CCCCCCCC(=O)OC[C@H](COP(=O)(O)OC[C@@H](O)COP(=O)(O)OC[C@@H](COC(=O)CCCCCCCCC(C)CC)OC(=O)CCCCCCCCC(C)CC)OC(=O)CCCCCCCCCCCCCCCCCCCCC(C)C. The van der Waals surface area contributed by atoms with E-state index in [1.807, 2.05) is 0 Å². The molecule has 0 rings (SSSR count). The monoisotopic (exact) mass is 1410 g/mol. The van der Waals surface area contributed by atoms with Gasteiger partial charge in [0.1, 0.15) is 19.3 Å². The van der Waals surface area contributed by atoms with Crippen molar-refractivity contribution in [3.63, 3.8) is 0 Å². The molecule has 0 radical (unpaired) electrons. The number of phosphoric ester groups is 2. The number of carbonyl (C=O) groups excluding carboxylic acids is 4. The second kappa shape index (κ2) is 67.1. The average Bonchev–Trinajstić information content (AvgIpc) is 1.44. The quantitative estimate of drug-likeness (QED) is 0.0169. The lowest BCUT2D eigenvalue weighted by molar-refractivity contribution is -0.161. The van der Waals surface area contributed by atoms with Crippen molar-refractivity contribution >= 4 is 39.5 Å². The Balaban J connectivity index is 5.24. The Hall–Kier alpha value is -2.46. The van der Waals surface area contributed by atoms with Crippen molar-refractivity contribution < 1.29 is 80.2 Å². The van der Waals surface area contributed by atoms with E-state index in [-0.39, 0.29) is 25.7 Å². The molecule has 17 nitrogen and oxygen atoms in total. The fraction of sp³-hybridized carbons (Fsp3) is 0.896. The molecule has 0 aromatic carbocycles. The number of hydrogen-bond acceptors (Lipinski definition) is 15. The highest BCUT2D eigenvalue weighted by Gasteiger charge is 2.30. The molecule has 0 aromatic rings. The number of rotatable bonds is 73. The van der Waals surface area contributed by atoms with Gasteiger partial charge in [0.2, 0.25) is 0 Å². The van der Waals surface area contributed by atoms with Gasteiger partial charge < -0.3 is 33.8 Å². The van der Waals surface area contributed by atoms with Gasteiger partial charge in [-0.3, -0.25) is 37.3 Å². The lowest BCUT2D eigenvalue weighted by atomic mass is 10.00. The number of allylic oxidation sites excluding steroid dienone is 4. The number of carbonyl (C=O) groups is 4. The topological polar surface area (TPSA) is 237 Å². The molecule has 96 heavy (non-hydrogen) atoms. The predicted molar refractivity (Wildman–Crippen MR) is 390 cm³/mol. The number of aliphatic hydroxyl groups excluding tert-OH is 1. The van der Waals surface area contributed by atoms with E-state index in [4.69, 9.17) is 37.0 Å². The highest BCUT2D eigenvalue weighted by atomic mass is 31.2. The molecule has 0 amide bonds. The normalized spacial score (nSPS) is 14.8. The molecule has 0 saturated heterocycles. The summed E-state index contributed by atoms with van der Waals surface area (Å²) in [7, 11) is -9.92. The van der Waals surface area contributed by atoms with Crippen molar-refractivity contribution in [3.05, 3.63) is 24.3 Å². The summed E-state index contributed by atoms with van der Waals surface area (Å²) in [6, 6.07) is 0. The van der Waals surface area contributed by atoms with Gasteiger partial charge in [0.15, 0.2) is 12.2 Å². The molecule has 566 valence electrons. The fourth-order valence-electron chi connectivity index (χ4n) is 11.2. The number of esters is 4. The minimum atomic E-state index is -4.97. The average molecular weight is 1410 g/mol. The summed E-state index contributed by atoms with van der Waals surface area (Å²) in [4.78, 5) is 72.7. The molecule has 0 fully saturated rings. The molecule has 0 aromatic heterocycles. The maximum atomic E-state index is 13.1. The van der Waals surface area contributed by atoms with Crippen molar-refractivity contribution in [3.8, 4) is 0 Å². The van der Waals surface area contributed by atoms with E-state index in [0.29, 0.717) is 25.7 Å². The maximum absolute atomic E-state index is 13.1. The van der Waals surface area contributed by atoms with Crippen LogP contribution in [0, 0.1) is 17.8 Å². The number of unbranched alkanes of at least 4 members (excludes halogenated alkanes) is 36. The largest absolute Gasteiger partial charge is 0.472 e. The molecule has 0 heterocycles. The van der Waals surface area contributed by atoms with E-state index in [2.05, 4.69) is 72.8 Å². The van der Waals surface area contributed by atoms with Crippen LogP contribution in [-0.4, -0.2) is 96.7 Å². The van der Waals surface area contributed by atoms with Crippen molar-refractivity contribution in [2.75, 3.05) is 39.6 Å². The first-order valence-corrected chi connectivity index (χ1v) is 42.2. The summed E-state index contributed by atoms with van der Waals surface area (Å²) in [5, 5.41) is 10.6. The standard InChI is InChI=1S/C77H146O17P2/c1-8-11-12-13-14-15-16-17-22-26-29-32-35-44-51-58-74(79)87-64-72(93-76(81)60-53-46-36-33-30-27-24-21-19-18-20-23-25-28-31-34-41-48-55-68(4)5)66-91-95(83,84)89-62-71(78)63-90-96(85,86)92-67-73(94-77(82)61-54-47-40-38-43-50-57-70(7)10-3)65-88-75(80)59-52-45-39-37-42-49-56-69(6)9-2/h15-17,22,68-73,78H,8-14,18-21,23-67H2,1-7H3,(H,83,84)(H,85,86)/b16-15-,22-17-/t69?,70?,71-,72-,73-/m1/s1. The predicted octanol–water partition coefficient (Wildman–Crippen LogP) is 22.1. The molecule has 3 N–H and O–H groups in total. The van der Waals surface area contributed by atoms with Crippen LogP contribution >= 0.6 is 15.6 Å². The summed E-state index contributed by atoms with van der Waals surface area (Å²) in [5.41, 5.74) is 0. The second-order valence-corrected chi connectivity index (χ2v) is 30.9. The first kappa shape index (κ1) is 93.5. The van der Waals surface area contributed by atoms with Gasteiger partial charge in [-0.05, 0) is 69.1 Å². The zero-order valence-corrected chi connectivity index (χ0v) is 64.1. The van der Waals surface area contributed by atoms with Gasteiger partial charge in [-0.15, -0.1) is 0 Å². The Labute approximate surface area is 586 Å². The van der Waals surface area contributed by atoms with Crippen LogP contribution < -0.4 is 0 Å². The molecular weight excluding hydrogens is 1260 g/mol. The van der Waals surface area contributed by atoms with E-state index in [1.165, 1.54) is 154 Å². The van der Waals surface area contributed by atoms with Gasteiger partial charge in [0, 0.05) is 25.7 Å². The van der Waals surface area contributed by atoms with Crippen molar-refractivity contribution in [1.82, 2.24) is 0 Å². The molecule has 0 bridgehead atoms. The number of ether oxygens (including phenoxy) is 4. The zero-order valence-electron chi connectivity index (χ0n) is 62.3. The van der Waals surface area contributed by atoms with Crippen LogP contribution in [0.25, 0.3) is 0 Å². The van der Waals surface area contributed by atoms with Gasteiger partial charge in [-0.1, -0.05) is 317 Å². The molecule has 0 aliphatic rings. The summed E-state index contributed by atoms with van der Waals surface area (Å²) in [5.74, 6) is 0.114. The van der Waals surface area contributed by atoms with Gasteiger partial charge in [0.25, 0.3) is 0 Å². The summed E-state index contributed by atoms with van der Waals surface area (Å²) in [6.45, 7) is 11.8. The molecule has 4 unspecified atom stereocenters. The lowest BCUT2D eigenvalue weighted by Gasteiger charge is -2.21. The van der Waals surface area contributed by atoms with E-state index >= 15 is 0 Å². The van der Waals surface area contributed by atoms with Gasteiger partial charge in [0.05, 0.1) is 26.4 Å². The molecule has 0 aliphatic carbocycles.